The second kappa shape index (κ2) is 21.5. The molecule has 9 aliphatic rings. The Morgan fingerprint density at radius 1 is 0.333 bits per heavy atom. The van der Waals surface area contributed by atoms with Crippen LogP contribution in [0.3, 0.4) is 0 Å². The zero-order valence-electron chi connectivity index (χ0n) is 44.7. The van der Waals surface area contributed by atoms with Crippen LogP contribution in [-0.4, -0.2) is 57.6 Å². The van der Waals surface area contributed by atoms with Crippen molar-refractivity contribution in [1.29, 1.82) is 0 Å². The summed E-state index contributed by atoms with van der Waals surface area (Å²) in [7, 11) is 0. The number of fused-ring (bicyclic) bond motifs is 2. The zero-order chi connectivity index (χ0) is 46.3. The van der Waals surface area contributed by atoms with Crippen molar-refractivity contribution in [2.45, 2.75) is 297 Å². The lowest BCUT2D eigenvalue weighted by molar-refractivity contribution is -0.167. The topological polar surface area (TPSA) is 40.6 Å². The summed E-state index contributed by atoms with van der Waals surface area (Å²) < 4.78 is 0. The predicted octanol–water partition coefficient (Wildman–Crippen LogP) is 16.1. The summed E-state index contributed by atoms with van der Waals surface area (Å²) in [5.41, 5.74) is 0.688. The normalized spacial score (nSPS) is 42.7. The highest BCUT2D eigenvalue weighted by atomic mass is 16.1. The fraction of sp³-hybridized carbons (Fsp3) is 0.968. The van der Waals surface area contributed by atoms with Crippen LogP contribution in [-0.2, 0) is 9.59 Å². The molecule has 9 saturated carbocycles. The van der Waals surface area contributed by atoms with Crippen molar-refractivity contribution in [3.05, 3.63) is 0 Å². The summed E-state index contributed by atoms with van der Waals surface area (Å²) in [6, 6.07) is 4.17. The Kier molecular flexibility index (Phi) is 16.4. The standard InChI is InChI=1S/C62H106N2O2/c1-41-19-29-49(30-20-41)63(51-33-23-45(24-34-51)59(65)43-15-11-9-12-16-43)57-53-37-27-48(62(6,7)8)40-56(53)58(54-38-28-47(39-55(54)57)61(3,4)5)64(50-31-21-42(2)22-32-50)52-35-25-46(26-36-52)60(66)44-17-13-10-14-18-44/h41-58H,9-40H2,1-8H3. The molecule has 4 nitrogen and oxygen atoms in total. The van der Waals surface area contributed by atoms with Gasteiger partial charge in [0.05, 0.1) is 0 Å². The highest BCUT2D eigenvalue weighted by Gasteiger charge is 2.60. The lowest BCUT2D eigenvalue weighted by Gasteiger charge is -2.66. The van der Waals surface area contributed by atoms with E-state index in [0.29, 0.717) is 70.2 Å². The van der Waals surface area contributed by atoms with Gasteiger partial charge in [-0.2, -0.15) is 0 Å². The minimum absolute atomic E-state index is 0.329. The molecule has 66 heavy (non-hydrogen) atoms. The van der Waals surface area contributed by atoms with E-state index in [0.717, 1.165) is 85.1 Å². The highest BCUT2D eigenvalue weighted by Crippen LogP contribution is 2.61. The van der Waals surface area contributed by atoms with Crippen LogP contribution in [0.15, 0.2) is 0 Å². The van der Waals surface area contributed by atoms with Crippen molar-refractivity contribution < 1.29 is 9.59 Å². The largest absolute Gasteiger partial charge is 0.299 e. The van der Waals surface area contributed by atoms with Gasteiger partial charge in [0, 0.05) is 59.9 Å². The van der Waals surface area contributed by atoms with E-state index < -0.39 is 0 Å². The second-order valence-corrected chi connectivity index (χ2v) is 28.6. The number of hydrogen-bond acceptors (Lipinski definition) is 4. The van der Waals surface area contributed by atoms with Crippen molar-refractivity contribution in [2.24, 2.45) is 81.8 Å². The first kappa shape index (κ1) is 50.2. The average Bonchev–Trinajstić information content (AvgIpc) is 3.33. The van der Waals surface area contributed by atoms with Crippen LogP contribution >= 0.6 is 0 Å². The summed E-state index contributed by atoms with van der Waals surface area (Å²) in [6.07, 6.45) is 42.0. The van der Waals surface area contributed by atoms with Gasteiger partial charge in [0.1, 0.15) is 11.6 Å². The third-order valence-corrected chi connectivity index (χ3v) is 22.7. The molecule has 0 bridgehead atoms. The molecule has 0 heterocycles. The van der Waals surface area contributed by atoms with Crippen LogP contribution < -0.4 is 0 Å². The molecule has 0 radical (unpaired) electrons. The van der Waals surface area contributed by atoms with Crippen molar-refractivity contribution in [3.8, 4) is 0 Å². The van der Waals surface area contributed by atoms with Gasteiger partial charge in [-0.25, -0.2) is 0 Å². The maximum atomic E-state index is 14.2. The molecule has 9 rings (SSSR count). The summed E-state index contributed by atoms with van der Waals surface area (Å²) in [5, 5.41) is 0. The van der Waals surface area contributed by atoms with Crippen LogP contribution in [0.4, 0.5) is 0 Å². The maximum absolute atomic E-state index is 14.2. The number of carbonyl (C=O) groups excluding carboxylic acids is 2. The van der Waals surface area contributed by atoms with Gasteiger partial charge < -0.3 is 0 Å². The minimum atomic E-state index is 0.329. The van der Waals surface area contributed by atoms with Crippen LogP contribution in [0.2, 0.25) is 0 Å². The van der Waals surface area contributed by atoms with Gasteiger partial charge in [-0.15, -0.1) is 0 Å². The fourth-order valence-electron chi connectivity index (χ4n) is 18.6. The summed E-state index contributed by atoms with van der Waals surface area (Å²) >= 11 is 0. The Morgan fingerprint density at radius 2 is 0.621 bits per heavy atom. The molecule has 0 aromatic heterocycles. The van der Waals surface area contributed by atoms with E-state index in [1.807, 2.05) is 0 Å². The van der Waals surface area contributed by atoms with E-state index in [9.17, 15) is 9.59 Å². The first-order valence-electron chi connectivity index (χ1n) is 30.3. The predicted molar refractivity (Wildman–Crippen MR) is 276 cm³/mol. The van der Waals surface area contributed by atoms with Crippen LogP contribution in [0.5, 0.6) is 0 Å². The molecule has 376 valence electrons. The van der Waals surface area contributed by atoms with E-state index >= 15 is 0 Å². The van der Waals surface area contributed by atoms with Gasteiger partial charge in [0.2, 0.25) is 0 Å². The molecule has 0 saturated heterocycles. The van der Waals surface area contributed by atoms with Crippen molar-refractivity contribution in [2.75, 3.05) is 0 Å². The lowest BCUT2D eigenvalue weighted by Crippen LogP contribution is -2.70. The smallest absolute Gasteiger partial charge is 0.139 e. The highest BCUT2D eigenvalue weighted by molar-refractivity contribution is 5.84. The summed E-state index contributed by atoms with van der Waals surface area (Å²) in [4.78, 5) is 35.1. The third kappa shape index (κ3) is 11.0. The van der Waals surface area contributed by atoms with E-state index in [1.54, 1.807) is 0 Å². The number of Topliss-reactive ketones (excluding diaryl/α,β-unsaturated/α-hetero) is 2. The monoisotopic (exact) mass is 911 g/mol. The van der Waals surface area contributed by atoms with E-state index in [-0.39, 0.29) is 0 Å². The van der Waals surface area contributed by atoms with Gasteiger partial charge >= 0.3 is 0 Å². The molecule has 0 spiro atoms. The molecule has 9 fully saturated rings. The number of ketones is 2. The molecular weight excluding hydrogens is 805 g/mol. The summed E-state index contributed by atoms with van der Waals surface area (Å²) in [6.45, 7) is 20.7. The molecule has 4 heteroatoms. The van der Waals surface area contributed by atoms with E-state index in [4.69, 9.17) is 0 Å². The van der Waals surface area contributed by atoms with Crippen LogP contribution in [0, 0.1) is 81.8 Å². The number of carbonyl (C=O) groups is 2. The van der Waals surface area contributed by atoms with E-state index in [1.165, 1.54) is 180 Å². The maximum Gasteiger partial charge on any atom is 0.139 e. The molecule has 8 atom stereocenters. The number of hydrogen-bond donors (Lipinski definition) is 0. The lowest BCUT2D eigenvalue weighted by atomic mass is 9.49. The van der Waals surface area contributed by atoms with Gasteiger partial charge in [0.25, 0.3) is 0 Å². The average molecular weight is 912 g/mol. The van der Waals surface area contributed by atoms with Gasteiger partial charge in [-0.3, -0.25) is 19.4 Å². The zero-order valence-corrected chi connectivity index (χ0v) is 44.7. The summed E-state index contributed by atoms with van der Waals surface area (Å²) in [5.74, 6) is 9.18. The molecular formula is C62H106N2O2. The van der Waals surface area contributed by atoms with Crippen molar-refractivity contribution >= 4 is 11.6 Å². The minimum Gasteiger partial charge on any atom is -0.299 e. The quantitative estimate of drug-likeness (QED) is 0.219. The Balaban J connectivity index is 1.08. The van der Waals surface area contributed by atoms with Crippen LogP contribution in [0.25, 0.3) is 0 Å². The molecule has 0 N–H and O–H groups in total. The molecule has 0 aliphatic heterocycles. The Hall–Kier alpha value is -0.740. The first-order valence-corrected chi connectivity index (χ1v) is 30.3. The molecule has 8 unspecified atom stereocenters. The Morgan fingerprint density at radius 3 is 0.924 bits per heavy atom. The van der Waals surface area contributed by atoms with Gasteiger partial charge in [-0.05, 0) is 225 Å². The second-order valence-electron chi connectivity index (χ2n) is 28.6. The number of rotatable bonds is 10. The first-order chi connectivity index (χ1) is 31.7. The SMILES string of the molecule is CC1CCC(N(C2CCC(C(=O)C3CCCCC3)CC2)C2C3CCC(C(C)(C)C)CC3C(N(C3CCC(C)CC3)C3CCC(C(=O)C4CCCCC4)CC3)C3CCC(C(C)(C)C)CC32)CC1. The molecule has 0 aromatic rings. The van der Waals surface area contributed by atoms with Crippen molar-refractivity contribution in [1.82, 2.24) is 9.80 Å². The Labute approximate surface area is 408 Å². The van der Waals surface area contributed by atoms with Crippen LogP contribution in [0.1, 0.15) is 261 Å². The molecule has 0 aromatic carbocycles. The third-order valence-electron chi connectivity index (χ3n) is 22.7. The molecule has 0 amide bonds. The van der Waals surface area contributed by atoms with Gasteiger partial charge in [0.15, 0.2) is 0 Å². The fourth-order valence-corrected chi connectivity index (χ4v) is 18.6. The van der Waals surface area contributed by atoms with E-state index in [2.05, 4.69) is 65.2 Å². The molecule has 9 aliphatic carbocycles. The van der Waals surface area contributed by atoms with Gasteiger partial charge in [-0.1, -0.05) is 93.9 Å². The Bertz CT molecular complexity index is 1430. The van der Waals surface area contributed by atoms with Crippen molar-refractivity contribution in [3.63, 3.8) is 0 Å². The number of nitrogens with zero attached hydrogens (tertiary/aromatic N) is 2.